The molecular weight excluding hydrogens is 206 g/mol. The molecule has 14 heavy (non-hydrogen) atoms. The molecule has 0 fully saturated rings. The lowest BCUT2D eigenvalue weighted by molar-refractivity contribution is 0.311. The van der Waals surface area contributed by atoms with Gasteiger partial charge in [0.15, 0.2) is 0 Å². The molecule has 0 saturated heterocycles. The molecule has 0 spiro atoms. The van der Waals surface area contributed by atoms with Crippen molar-refractivity contribution in [2.24, 2.45) is 16.8 Å². The van der Waals surface area contributed by atoms with Gasteiger partial charge in [-0.15, -0.1) is 0 Å². The lowest BCUT2D eigenvalue weighted by Gasteiger charge is -2.21. The van der Waals surface area contributed by atoms with Crippen LogP contribution in [0.15, 0.2) is 5.16 Å². The van der Waals surface area contributed by atoms with Crippen LogP contribution in [0.1, 0.15) is 13.8 Å². The second-order valence-corrected chi connectivity index (χ2v) is 5.12. The summed E-state index contributed by atoms with van der Waals surface area (Å²) in [7, 11) is -3.21. The smallest absolute Gasteiger partial charge is 0.211 e. The SMILES string of the molecule is CCN(CC(C)C(N)=NO)S(C)(=O)=O. The molecule has 0 bridgehead atoms. The fourth-order valence-corrected chi connectivity index (χ4v) is 1.96. The van der Waals surface area contributed by atoms with Crippen LogP contribution in [0.25, 0.3) is 0 Å². The third kappa shape index (κ3) is 3.93. The molecule has 6 nitrogen and oxygen atoms in total. The summed E-state index contributed by atoms with van der Waals surface area (Å²) >= 11 is 0. The van der Waals surface area contributed by atoms with Crippen molar-refractivity contribution >= 4 is 15.9 Å². The minimum atomic E-state index is -3.21. The van der Waals surface area contributed by atoms with Crippen LogP contribution in [0, 0.1) is 5.92 Å². The first-order valence-electron chi connectivity index (χ1n) is 4.25. The molecule has 0 aliphatic carbocycles. The Hall–Kier alpha value is -0.820. The Bertz CT molecular complexity index is 299. The van der Waals surface area contributed by atoms with Gasteiger partial charge in [-0.25, -0.2) is 12.7 Å². The second kappa shape index (κ2) is 5.16. The highest BCUT2D eigenvalue weighted by molar-refractivity contribution is 7.88. The van der Waals surface area contributed by atoms with E-state index < -0.39 is 10.0 Å². The maximum Gasteiger partial charge on any atom is 0.211 e. The number of amidine groups is 1. The highest BCUT2D eigenvalue weighted by Crippen LogP contribution is 2.04. The van der Waals surface area contributed by atoms with Crippen molar-refractivity contribution in [3.05, 3.63) is 0 Å². The van der Waals surface area contributed by atoms with Crippen molar-refractivity contribution in [2.75, 3.05) is 19.3 Å². The van der Waals surface area contributed by atoms with Crippen LogP contribution < -0.4 is 5.73 Å². The molecule has 0 amide bonds. The standard InChI is InChI=1S/C7H17N3O3S/c1-4-10(14(3,12)13)5-6(2)7(8)9-11/h6,11H,4-5H2,1-3H3,(H2,8,9). The zero-order chi connectivity index (χ0) is 11.4. The van der Waals surface area contributed by atoms with Crippen molar-refractivity contribution in [3.63, 3.8) is 0 Å². The summed E-state index contributed by atoms with van der Waals surface area (Å²) < 4.78 is 23.7. The molecule has 0 aliphatic heterocycles. The predicted molar refractivity (Wildman–Crippen MR) is 54.7 cm³/mol. The Morgan fingerprint density at radius 2 is 2.14 bits per heavy atom. The third-order valence-electron chi connectivity index (χ3n) is 1.92. The third-order valence-corrected chi connectivity index (χ3v) is 3.26. The maximum absolute atomic E-state index is 11.2. The molecule has 1 atom stereocenters. The lowest BCUT2D eigenvalue weighted by Crippen LogP contribution is -2.38. The average molecular weight is 223 g/mol. The first-order chi connectivity index (χ1) is 6.32. The zero-order valence-corrected chi connectivity index (χ0v) is 9.45. The first-order valence-corrected chi connectivity index (χ1v) is 6.10. The van der Waals surface area contributed by atoms with E-state index in [4.69, 9.17) is 10.9 Å². The van der Waals surface area contributed by atoms with E-state index in [-0.39, 0.29) is 18.3 Å². The van der Waals surface area contributed by atoms with E-state index in [1.807, 2.05) is 0 Å². The lowest BCUT2D eigenvalue weighted by atomic mass is 10.1. The summed E-state index contributed by atoms with van der Waals surface area (Å²) in [6.45, 7) is 4.04. The number of hydrogen-bond donors (Lipinski definition) is 2. The van der Waals surface area contributed by atoms with Crippen molar-refractivity contribution in [1.82, 2.24) is 4.31 Å². The summed E-state index contributed by atoms with van der Waals surface area (Å²) in [6, 6.07) is 0. The predicted octanol–water partition coefficient (Wildman–Crippen LogP) is -0.350. The number of hydrogen-bond acceptors (Lipinski definition) is 4. The van der Waals surface area contributed by atoms with Crippen LogP contribution in [0.3, 0.4) is 0 Å². The van der Waals surface area contributed by atoms with Crippen LogP contribution >= 0.6 is 0 Å². The molecule has 0 aromatic carbocycles. The normalized spacial score (nSPS) is 15.9. The number of nitrogens with two attached hydrogens (primary N) is 1. The topological polar surface area (TPSA) is 96.0 Å². The van der Waals surface area contributed by atoms with Gasteiger partial charge in [0.2, 0.25) is 10.0 Å². The zero-order valence-electron chi connectivity index (χ0n) is 8.64. The molecule has 1 unspecified atom stereocenters. The van der Waals surface area contributed by atoms with Crippen molar-refractivity contribution in [2.45, 2.75) is 13.8 Å². The Balaban J connectivity index is 4.50. The molecule has 3 N–H and O–H groups in total. The van der Waals surface area contributed by atoms with Crippen molar-refractivity contribution in [1.29, 1.82) is 0 Å². The molecular formula is C7H17N3O3S. The van der Waals surface area contributed by atoms with Gasteiger partial charge in [0, 0.05) is 19.0 Å². The van der Waals surface area contributed by atoms with E-state index in [2.05, 4.69) is 5.16 Å². The summed E-state index contributed by atoms with van der Waals surface area (Å²) in [5.74, 6) is -0.262. The van der Waals surface area contributed by atoms with Gasteiger partial charge in [-0.1, -0.05) is 19.0 Å². The van der Waals surface area contributed by atoms with E-state index in [1.165, 1.54) is 4.31 Å². The highest BCUT2D eigenvalue weighted by Gasteiger charge is 2.19. The monoisotopic (exact) mass is 223 g/mol. The second-order valence-electron chi connectivity index (χ2n) is 3.14. The molecule has 0 aromatic rings. The Labute approximate surface area is 84.4 Å². The summed E-state index contributed by atoms with van der Waals surface area (Å²) in [5.41, 5.74) is 5.34. The van der Waals surface area contributed by atoms with Gasteiger partial charge in [-0.2, -0.15) is 0 Å². The Morgan fingerprint density at radius 3 is 2.43 bits per heavy atom. The van der Waals surface area contributed by atoms with Crippen LogP contribution in [0.5, 0.6) is 0 Å². The highest BCUT2D eigenvalue weighted by atomic mass is 32.2. The molecule has 0 aromatic heterocycles. The number of nitrogens with zero attached hydrogens (tertiary/aromatic N) is 2. The summed E-state index contributed by atoms with van der Waals surface area (Å²) in [6.07, 6.45) is 1.13. The van der Waals surface area contributed by atoms with Crippen LogP contribution in [-0.4, -0.2) is 43.1 Å². The van der Waals surface area contributed by atoms with Gasteiger partial charge in [0.1, 0.15) is 5.84 Å². The van der Waals surface area contributed by atoms with Crippen molar-refractivity contribution in [3.8, 4) is 0 Å². The fraction of sp³-hybridized carbons (Fsp3) is 0.857. The van der Waals surface area contributed by atoms with Crippen molar-refractivity contribution < 1.29 is 13.6 Å². The number of oxime groups is 1. The molecule has 0 radical (unpaired) electrons. The maximum atomic E-state index is 11.2. The van der Waals surface area contributed by atoms with Gasteiger partial charge in [0.25, 0.3) is 0 Å². The minimum absolute atomic E-state index is 0.0344. The van der Waals surface area contributed by atoms with Crippen LogP contribution in [-0.2, 0) is 10.0 Å². The van der Waals surface area contributed by atoms with E-state index in [9.17, 15) is 8.42 Å². The fourth-order valence-electron chi connectivity index (χ4n) is 0.997. The van der Waals surface area contributed by atoms with E-state index in [0.29, 0.717) is 6.54 Å². The first kappa shape index (κ1) is 13.2. The van der Waals surface area contributed by atoms with Gasteiger partial charge in [-0.05, 0) is 0 Å². The van der Waals surface area contributed by atoms with Gasteiger partial charge in [-0.3, -0.25) is 0 Å². The van der Waals surface area contributed by atoms with Gasteiger partial charge < -0.3 is 10.9 Å². The largest absolute Gasteiger partial charge is 0.409 e. The Kier molecular flexibility index (Phi) is 4.86. The molecule has 0 rings (SSSR count). The molecule has 7 heteroatoms. The number of sulfonamides is 1. The van der Waals surface area contributed by atoms with Crippen LogP contribution in [0.2, 0.25) is 0 Å². The number of rotatable bonds is 5. The minimum Gasteiger partial charge on any atom is -0.409 e. The molecule has 84 valence electrons. The Morgan fingerprint density at radius 1 is 1.64 bits per heavy atom. The van der Waals surface area contributed by atoms with Crippen LogP contribution in [0.4, 0.5) is 0 Å². The molecule has 0 heterocycles. The molecule has 0 saturated carbocycles. The van der Waals surface area contributed by atoms with Gasteiger partial charge >= 0.3 is 0 Å². The summed E-state index contributed by atoms with van der Waals surface area (Å²) in [4.78, 5) is 0. The van der Waals surface area contributed by atoms with E-state index >= 15 is 0 Å². The average Bonchev–Trinajstić information content (AvgIpc) is 2.10. The van der Waals surface area contributed by atoms with E-state index in [0.717, 1.165) is 6.26 Å². The quantitative estimate of drug-likeness (QED) is 0.288. The molecule has 0 aliphatic rings. The van der Waals surface area contributed by atoms with Gasteiger partial charge in [0.05, 0.1) is 6.26 Å². The van der Waals surface area contributed by atoms with E-state index in [1.54, 1.807) is 13.8 Å². The summed E-state index contributed by atoms with van der Waals surface area (Å²) in [5, 5.41) is 11.2.